The third kappa shape index (κ3) is 3.05. The number of hydrogen-bond acceptors (Lipinski definition) is 3. The molecule has 0 N–H and O–H groups in total. The Labute approximate surface area is 121 Å². The first-order valence-electron chi connectivity index (χ1n) is 7.92. The van der Waals surface area contributed by atoms with Gasteiger partial charge in [-0.15, -0.1) is 0 Å². The van der Waals surface area contributed by atoms with Crippen molar-refractivity contribution >= 4 is 0 Å². The maximum Gasteiger partial charge on any atom is 0.159 e. The number of benzene rings is 1. The highest BCUT2D eigenvalue weighted by Gasteiger charge is 2.35. The summed E-state index contributed by atoms with van der Waals surface area (Å²) < 4.78 is 11.8. The number of fused-ring (bicyclic) bond motifs is 1. The quantitative estimate of drug-likeness (QED) is 0.844. The van der Waals surface area contributed by atoms with Crippen LogP contribution in [0.15, 0.2) is 30.3 Å². The lowest BCUT2D eigenvalue weighted by Crippen LogP contribution is -2.42. The average Bonchev–Trinajstić information content (AvgIpc) is 2.68. The molecule has 0 aliphatic carbocycles. The van der Waals surface area contributed by atoms with Gasteiger partial charge in [-0.1, -0.05) is 36.8 Å². The first-order chi connectivity index (χ1) is 9.88. The Morgan fingerprint density at radius 2 is 2.10 bits per heavy atom. The summed E-state index contributed by atoms with van der Waals surface area (Å²) in [4.78, 5) is 2.65. The second-order valence-corrected chi connectivity index (χ2v) is 5.77. The number of nitrogens with zero attached hydrogens (tertiary/aromatic N) is 1. The van der Waals surface area contributed by atoms with Gasteiger partial charge in [0, 0.05) is 19.1 Å². The van der Waals surface area contributed by atoms with Crippen molar-refractivity contribution in [2.45, 2.75) is 51.0 Å². The number of hydrogen-bond donors (Lipinski definition) is 0. The molecule has 1 aromatic carbocycles. The molecule has 0 bridgehead atoms. The molecule has 3 nitrogen and oxygen atoms in total. The van der Waals surface area contributed by atoms with Gasteiger partial charge < -0.3 is 9.47 Å². The van der Waals surface area contributed by atoms with Crippen molar-refractivity contribution in [3.05, 3.63) is 35.9 Å². The third-order valence-electron chi connectivity index (χ3n) is 4.51. The first kappa shape index (κ1) is 14.1. The second kappa shape index (κ2) is 6.70. The summed E-state index contributed by atoms with van der Waals surface area (Å²) in [6.07, 6.45) is 4.90. The first-order valence-corrected chi connectivity index (χ1v) is 7.92. The van der Waals surface area contributed by atoms with Crippen molar-refractivity contribution in [2.24, 2.45) is 0 Å². The van der Waals surface area contributed by atoms with Crippen LogP contribution >= 0.6 is 0 Å². The van der Waals surface area contributed by atoms with Crippen molar-refractivity contribution in [2.75, 3.05) is 19.8 Å². The zero-order valence-electron chi connectivity index (χ0n) is 12.3. The van der Waals surface area contributed by atoms with Gasteiger partial charge in [0.25, 0.3) is 0 Å². The lowest BCUT2D eigenvalue weighted by atomic mass is 9.95. The molecule has 3 atom stereocenters. The standard InChI is InChI=1S/C17H25NO2/c1-2-19-17-12-15-10-6-7-11-18(15)16(13-20-17)14-8-4-3-5-9-14/h3-5,8-9,15-17H,2,6-7,10-13H2,1H3/t15-,16+,17?/m1/s1. The summed E-state index contributed by atoms with van der Waals surface area (Å²) in [6, 6.07) is 11.8. The van der Waals surface area contributed by atoms with E-state index in [2.05, 4.69) is 35.2 Å². The Morgan fingerprint density at radius 3 is 2.90 bits per heavy atom. The molecule has 2 aliphatic heterocycles. The molecule has 2 saturated heterocycles. The van der Waals surface area contributed by atoms with E-state index in [0.717, 1.165) is 19.6 Å². The van der Waals surface area contributed by atoms with Crippen molar-refractivity contribution in [3.8, 4) is 0 Å². The molecule has 110 valence electrons. The number of rotatable bonds is 3. The molecule has 0 radical (unpaired) electrons. The molecule has 0 aromatic heterocycles. The summed E-state index contributed by atoms with van der Waals surface area (Å²) in [6.45, 7) is 4.70. The Kier molecular flexibility index (Phi) is 4.71. The van der Waals surface area contributed by atoms with E-state index >= 15 is 0 Å². The average molecular weight is 275 g/mol. The molecular formula is C17H25NO2. The van der Waals surface area contributed by atoms with Gasteiger partial charge in [0.15, 0.2) is 6.29 Å². The monoisotopic (exact) mass is 275 g/mol. The van der Waals surface area contributed by atoms with Gasteiger partial charge in [0.1, 0.15) is 0 Å². The summed E-state index contributed by atoms with van der Waals surface area (Å²) in [5.74, 6) is 0. The summed E-state index contributed by atoms with van der Waals surface area (Å²) in [7, 11) is 0. The fourth-order valence-corrected chi connectivity index (χ4v) is 3.54. The predicted molar refractivity (Wildman–Crippen MR) is 79.5 cm³/mol. The van der Waals surface area contributed by atoms with Gasteiger partial charge in [0.05, 0.1) is 12.6 Å². The molecule has 2 aliphatic rings. The number of ether oxygens (including phenoxy) is 2. The van der Waals surface area contributed by atoms with Crippen LogP contribution in [0, 0.1) is 0 Å². The fraction of sp³-hybridized carbons (Fsp3) is 0.647. The van der Waals surface area contributed by atoms with Crippen molar-refractivity contribution in [1.29, 1.82) is 0 Å². The normalized spacial score (nSPS) is 31.6. The van der Waals surface area contributed by atoms with Crippen LogP contribution in [0.3, 0.4) is 0 Å². The molecular weight excluding hydrogens is 250 g/mol. The minimum Gasteiger partial charge on any atom is -0.353 e. The summed E-state index contributed by atoms with van der Waals surface area (Å²) in [5.41, 5.74) is 1.37. The molecule has 0 spiro atoms. The molecule has 1 aromatic rings. The maximum atomic E-state index is 6.04. The van der Waals surface area contributed by atoms with E-state index in [1.165, 1.54) is 31.4 Å². The highest BCUT2D eigenvalue weighted by molar-refractivity contribution is 5.20. The van der Waals surface area contributed by atoms with E-state index in [0.29, 0.717) is 12.1 Å². The van der Waals surface area contributed by atoms with Crippen LogP contribution in [0.4, 0.5) is 0 Å². The van der Waals surface area contributed by atoms with Crippen LogP contribution in [0.5, 0.6) is 0 Å². The van der Waals surface area contributed by atoms with Gasteiger partial charge in [-0.05, 0) is 31.9 Å². The van der Waals surface area contributed by atoms with Crippen molar-refractivity contribution < 1.29 is 9.47 Å². The van der Waals surface area contributed by atoms with Crippen LogP contribution in [-0.4, -0.2) is 37.0 Å². The molecule has 2 fully saturated rings. The zero-order chi connectivity index (χ0) is 13.8. The largest absolute Gasteiger partial charge is 0.353 e. The predicted octanol–water partition coefficient (Wildman–Crippen LogP) is 3.37. The van der Waals surface area contributed by atoms with E-state index in [-0.39, 0.29) is 6.29 Å². The maximum absolute atomic E-state index is 6.04. The SMILES string of the molecule is CCOC1C[C@H]2CCCCN2[C@H](c2ccccc2)CO1. The van der Waals surface area contributed by atoms with E-state index in [4.69, 9.17) is 9.47 Å². The van der Waals surface area contributed by atoms with Gasteiger partial charge in [-0.25, -0.2) is 0 Å². The second-order valence-electron chi connectivity index (χ2n) is 5.77. The Morgan fingerprint density at radius 1 is 1.25 bits per heavy atom. The van der Waals surface area contributed by atoms with E-state index < -0.39 is 0 Å². The molecule has 1 unspecified atom stereocenters. The minimum absolute atomic E-state index is 0.0284. The van der Waals surface area contributed by atoms with E-state index in [1.807, 2.05) is 6.92 Å². The molecule has 3 heteroatoms. The third-order valence-corrected chi connectivity index (χ3v) is 4.51. The summed E-state index contributed by atoms with van der Waals surface area (Å²) >= 11 is 0. The Bertz CT molecular complexity index is 409. The van der Waals surface area contributed by atoms with Crippen LogP contribution in [0.25, 0.3) is 0 Å². The van der Waals surface area contributed by atoms with E-state index in [9.17, 15) is 0 Å². The molecule has 0 amide bonds. The Hall–Kier alpha value is -0.900. The zero-order valence-corrected chi connectivity index (χ0v) is 12.3. The lowest BCUT2D eigenvalue weighted by Gasteiger charge is -2.39. The fourth-order valence-electron chi connectivity index (χ4n) is 3.54. The van der Waals surface area contributed by atoms with Crippen LogP contribution < -0.4 is 0 Å². The molecule has 0 saturated carbocycles. The Balaban J connectivity index is 1.81. The molecule has 3 rings (SSSR count). The topological polar surface area (TPSA) is 21.7 Å². The van der Waals surface area contributed by atoms with E-state index in [1.54, 1.807) is 0 Å². The van der Waals surface area contributed by atoms with Crippen molar-refractivity contribution in [1.82, 2.24) is 4.90 Å². The van der Waals surface area contributed by atoms with Crippen LogP contribution in [0.2, 0.25) is 0 Å². The minimum atomic E-state index is -0.0284. The smallest absolute Gasteiger partial charge is 0.159 e. The van der Waals surface area contributed by atoms with Gasteiger partial charge in [0.2, 0.25) is 0 Å². The lowest BCUT2D eigenvalue weighted by molar-refractivity contribution is -0.140. The number of piperidine rings is 1. The van der Waals surface area contributed by atoms with Gasteiger partial charge in [-0.3, -0.25) is 4.90 Å². The highest BCUT2D eigenvalue weighted by Crippen LogP contribution is 2.34. The molecule has 20 heavy (non-hydrogen) atoms. The summed E-state index contributed by atoms with van der Waals surface area (Å²) in [5, 5.41) is 0. The molecule has 2 heterocycles. The highest BCUT2D eigenvalue weighted by atomic mass is 16.7. The van der Waals surface area contributed by atoms with Gasteiger partial charge in [-0.2, -0.15) is 0 Å². The van der Waals surface area contributed by atoms with Crippen molar-refractivity contribution in [3.63, 3.8) is 0 Å². The van der Waals surface area contributed by atoms with Gasteiger partial charge >= 0.3 is 0 Å². The van der Waals surface area contributed by atoms with Crippen LogP contribution in [0.1, 0.15) is 44.2 Å². The van der Waals surface area contributed by atoms with Crippen LogP contribution in [-0.2, 0) is 9.47 Å².